The fourth-order valence-electron chi connectivity index (χ4n) is 4.20. The SMILES string of the molecule is Cc1ccc(NCCCOC(=O)N(Cc2cccc(N)c2)C(C)(C)C)c(C(=O)OC(C)(C)C)c1-c1nc(Cl)ncc1Cl. The van der Waals surface area contributed by atoms with E-state index in [-0.39, 0.29) is 22.5 Å². The second-order valence-corrected chi connectivity index (χ2v) is 12.7. The maximum absolute atomic E-state index is 13.5. The number of esters is 1. The van der Waals surface area contributed by atoms with Crippen molar-refractivity contribution >= 4 is 46.6 Å². The molecule has 11 heteroatoms. The quantitative estimate of drug-likeness (QED) is 0.110. The molecule has 0 saturated heterocycles. The molecule has 1 amide bonds. The molecule has 0 radical (unpaired) electrons. The summed E-state index contributed by atoms with van der Waals surface area (Å²) in [5.41, 5.74) is 8.65. The number of nitrogens with one attached hydrogen (secondary N) is 1. The molecule has 2 aromatic carbocycles. The van der Waals surface area contributed by atoms with E-state index in [1.165, 1.54) is 6.20 Å². The van der Waals surface area contributed by atoms with Crippen LogP contribution in [0.3, 0.4) is 0 Å². The molecule has 0 aliphatic heterocycles. The van der Waals surface area contributed by atoms with E-state index >= 15 is 0 Å². The Balaban J connectivity index is 1.76. The number of nitrogen functional groups attached to an aromatic ring is 1. The molecular weight excluding hydrogens is 577 g/mol. The van der Waals surface area contributed by atoms with Gasteiger partial charge in [-0.3, -0.25) is 4.90 Å². The summed E-state index contributed by atoms with van der Waals surface area (Å²) in [6.45, 7) is 14.0. The average molecular weight is 617 g/mol. The smallest absolute Gasteiger partial charge is 0.410 e. The first-order valence-corrected chi connectivity index (χ1v) is 14.4. The van der Waals surface area contributed by atoms with Gasteiger partial charge in [0.25, 0.3) is 0 Å². The van der Waals surface area contributed by atoms with Crippen molar-refractivity contribution in [3.8, 4) is 11.3 Å². The van der Waals surface area contributed by atoms with Gasteiger partial charge in [0.1, 0.15) is 5.60 Å². The van der Waals surface area contributed by atoms with E-state index in [9.17, 15) is 9.59 Å². The van der Waals surface area contributed by atoms with Gasteiger partial charge in [-0.25, -0.2) is 19.6 Å². The normalized spacial score (nSPS) is 11.6. The molecule has 0 fully saturated rings. The molecule has 42 heavy (non-hydrogen) atoms. The zero-order valence-corrected chi connectivity index (χ0v) is 26.7. The van der Waals surface area contributed by atoms with Gasteiger partial charge in [0.2, 0.25) is 5.28 Å². The van der Waals surface area contributed by atoms with Crippen molar-refractivity contribution in [2.45, 2.75) is 72.6 Å². The number of anilines is 2. The first-order valence-electron chi connectivity index (χ1n) is 13.6. The van der Waals surface area contributed by atoms with Gasteiger partial charge in [-0.2, -0.15) is 0 Å². The molecule has 0 spiro atoms. The number of benzene rings is 2. The van der Waals surface area contributed by atoms with Crippen molar-refractivity contribution in [2.24, 2.45) is 0 Å². The number of nitrogens with zero attached hydrogens (tertiary/aromatic N) is 3. The minimum absolute atomic E-state index is 0.00384. The van der Waals surface area contributed by atoms with Crippen molar-refractivity contribution in [3.05, 3.63) is 69.6 Å². The minimum Gasteiger partial charge on any atom is -0.456 e. The van der Waals surface area contributed by atoms with Crippen LogP contribution in [0.25, 0.3) is 11.3 Å². The maximum Gasteiger partial charge on any atom is 0.410 e. The van der Waals surface area contributed by atoms with Gasteiger partial charge in [0.15, 0.2) is 0 Å². The van der Waals surface area contributed by atoms with E-state index in [2.05, 4.69) is 15.3 Å². The van der Waals surface area contributed by atoms with Crippen LogP contribution in [-0.2, 0) is 16.0 Å². The molecule has 0 atom stereocenters. The summed E-state index contributed by atoms with van der Waals surface area (Å²) in [4.78, 5) is 36.4. The second kappa shape index (κ2) is 13.6. The Morgan fingerprint density at radius 2 is 1.79 bits per heavy atom. The molecule has 1 heterocycles. The highest BCUT2D eigenvalue weighted by Crippen LogP contribution is 2.37. The van der Waals surface area contributed by atoms with Gasteiger partial charge in [-0.1, -0.05) is 29.8 Å². The van der Waals surface area contributed by atoms with Crippen LogP contribution in [0.5, 0.6) is 0 Å². The van der Waals surface area contributed by atoms with Crippen LogP contribution in [0.15, 0.2) is 42.6 Å². The Kier molecular flexibility index (Phi) is 10.7. The van der Waals surface area contributed by atoms with E-state index in [4.69, 9.17) is 38.4 Å². The van der Waals surface area contributed by atoms with Crippen LogP contribution in [0.4, 0.5) is 16.2 Å². The van der Waals surface area contributed by atoms with E-state index in [1.807, 2.05) is 52.0 Å². The summed E-state index contributed by atoms with van der Waals surface area (Å²) < 4.78 is 11.4. The van der Waals surface area contributed by atoms with Gasteiger partial charge in [-0.15, -0.1) is 0 Å². The van der Waals surface area contributed by atoms with Crippen molar-refractivity contribution < 1.29 is 19.1 Å². The molecular formula is C31H39Cl2N5O4. The number of carbonyl (C=O) groups excluding carboxylic acids is 2. The molecule has 3 N–H and O–H groups in total. The number of ether oxygens (including phenoxy) is 2. The Morgan fingerprint density at radius 1 is 1.07 bits per heavy atom. The Bertz CT molecular complexity index is 1430. The van der Waals surface area contributed by atoms with E-state index in [0.717, 1.165) is 11.1 Å². The van der Waals surface area contributed by atoms with E-state index < -0.39 is 23.2 Å². The summed E-state index contributed by atoms with van der Waals surface area (Å²) in [5.74, 6) is -0.539. The van der Waals surface area contributed by atoms with Crippen LogP contribution in [-0.4, -0.2) is 51.2 Å². The van der Waals surface area contributed by atoms with Crippen molar-refractivity contribution in [3.63, 3.8) is 0 Å². The predicted octanol–water partition coefficient (Wildman–Crippen LogP) is 7.54. The highest BCUT2D eigenvalue weighted by atomic mass is 35.5. The molecule has 3 aromatic rings. The Hall–Kier alpha value is -3.56. The number of rotatable bonds is 9. The third kappa shape index (κ3) is 8.97. The van der Waals surface area contributed by atoms with Gasteiger partial charge < -0.3 is 20.5 Å². The largest absolute Gasteiger partial charge is 0.456 e. The Morgan fingerprint density at radius 3 is 2.43 bits per heavy atom. The number of hydrogen-bond acceptors (Lipinski definition) is 8. The first kappa shape index (κ1) is 32.9. The first-order chi connectivity index (χ1) is 19.6. The van der Waals surface area contributed by atoms with Crippen molar-refractivity contribution in [1.29, 1.82) is 0 Å². The number of halogens is 2. The summed E-state index contributed by atoms with van der Waals surface area (Å²) in [6, 6.07) is 11.1. The Labute approximate surface area is 257 Å². The number of nitrogens with two attached hydrogens (primary N) is 1. The minimum atomic E-state index is -0.735. The fourth-order valence-corrected chi connectivity index (χ4v) is 4.52. The summed E-state index contributed by atoms with van der Waals surface area (Å²) in [6.07, 6.45) is 1.46. The molecule has 0 bridgehead atoms. The highest BCUT2D eigenvalue weighted by Gasteiger charge is 2.29. The molecule has 0 aliphatic carbocycles. The van der Waals surface area contributed by atoms with Crippen molar-refractivity contribution in [1.82, 2.24) is 14.9 Å². The van der Waals surface area contributed by atoms with Crippen LogP contribution in [0, 0.1) is 6.92 Å². The molecule has 0 unspecified atom stereocenters. The predicted molar refractivity (Wildman–Crippen MR) is 168 cm³/mol. The van der Waals surface area contributed by atoms with Crippen molar-refractivity contribution in [2.75, 3.05) is 24.2 Å². The van der Waals surface area contributed by atoms with Crippen LogP contribution in [0.1, 0.15) is 69.4 Å². The van der Waals surface area contributed by atoms with E-state index in [0.29, 0.717) is 42.1 Å². The fraction of sp³-hybridized carbons (Fsp3) is 0.419. The number of carbonyl (C=O) groups is 2. The van der Waals surface area contributed by atoms with Crippen LogP contribution < -0.4 is 11.1 Å². The lowest BCUT2D eigenvalue weighted by Crippen LogP contribution is -2.45. The molecule has 0 saturated carbocycles. The lowest BCUT2D eigenvalue weighted by Gasteiger charge is -2.35. The summed E-state index contributed by atoms with van der Waals surface area (Å²) in [5, 5.41) is 3.54. The third-order valence-corrected chi connectivity index (χ3v) is 6.61. The number of hydrogen-bond donors (Lipinski definition) is 2. The maximum atomic E-state index is 13.5. The standard InChI is InChI=1S/C31H39Cl2N5O4/c1-19-12-13-23(25(27(39)42-31(5,6)7)24(19)26-22(32)17-36-28(33)37-26)35-14-9-15-41-29(40)38(30(2,3)4)18-20-10-8-11-21(34)16-20/h8,10-13,16-17,35H,9,14-15,18,34H2,1-7H3. The number of aryl methyl sites for hydroxylation is 1. The van der Waals surface area contributed by atoms with Gasteiger partial charge in [0, 0.05) is 35.6 Å². The highest BCUT2D eigenvalue weighted by molar-refractivity contribution is 6.34. The molecule has 1 aromatic heterocycles. The van der Waals surface area contributed by atoms with Gasteiger partial charge in [-0.05, 0) is 95.8 Å². The monoisotopic (exact) mass is 615 g/mol. The summed E-state index contributed by atoms with van der Waals surface area (Å²) in [7, 11) is 0. The number of amides is 1. The second-order valence-electron chi connectivity index (χ2n) is 11.9. The lowest BCUT2D eigenvalue weighted by molar-refractivity contribution is 0.00713. The van der Waals surface area contributed by atoms with E-state index in [1.54, 1.807) is 37.8 Å². The lowest BCUT2D eigenvalue weighted by atomic mass is 9.96. The topological polar surface area (TPSA) is 120 Å². The van der Waals surface area contributed by atoms with Crippen LogP contribution >= 0.6 is 23.2 Å². The van der Waals surface area contributed by atoms with Crippen LogP contribution in [0.2, 0.25) is 10.3 Å². The van der Waals surface area contributed by atoms with Gasteiger partial charge in [0.05, 0.1) is 29.1 Å². The molecule has 9 nitrogen and oxygen atoms in total. The summed E-state index contributed by atoms with van der Waals surface area (Å²) >= 11 is 12.5. The zero-order valence-electron chi connectivity index (χ0n) is 25.2. The molecule has 3 rings (SSSR count). The average Bonchev–Trinajstić information content (AvgIpc) is 2.87. The molecule has 0 aliphatic rings. The molecule has 226 valence electrons. The van der Waals surface area contributed by atoms with Gasteiger partial charge >= 0.3 is 12.1 Å². The number of aromatic nitrogens is 2. The zero-order chi connectivity index (χ0) is 31.2. The third-order valence-electron chi connectivity index (χ3n) is 6.15.